The van der Waals surface area contributed by atoms with Gasteiger partial charge >= 0.3 is 0 Å². The largest absolute Gasteiger partial charge is 0.394 e. The van der Waals surface area contributed by atoms with E-state index in [2.05, 4.69) is 31.3 Å². The molecule has 0 aromatic rings. The van der Waals surface area contributed by atoms with Crippen LogP contribution in [0.1, 0.15) is 296 Å². The van der Waals surface area contributed by atoms with Crippen molar-refractivity contribution in [3.63, 3.8) is 0 Å². The number of hydrogen-bond donors (Lipinski definition) is 8. The fourth-order valence-electron chi connectivity index (χ4n) is 10.1. The van der Waals surface area contributed by atoms with E-state index in [1.54, 1.807) is 0 Å². The van der Waals surface area contributed by atoms with Gasteiger partial charge in [0.1, 0.15) is 36.6 Å². The minimum absolute atomic E-state index is 0.258. The first-order valence-corrected chi connectivity index (χ1v) is 30.6. The number of aliphatic hydroxyl groups is 7. The van der Waals surface area contributed by atoms with Crippen molar-refractivity contribution in [3.8, 4) is 0 Å². The van der Waals surface area contributed by atoms with Crippen molar-refractivity contribution < 1.29 is 50.0 Å². The summed E-state index contributed by atoms with van der Waals surface area (Å²) in [4.78, 5) is 13.2. The van der Waals surface area contributed by atoms with E-state index in [1.165, 1.54) is 212 Å². The van der Waals surface area contributed by atoms with Gasteiger partial charge in [0, 0.05) is 0 Å². The minimum atomic E-state index is -1.66. The van der Waals surface area contributed by atoms with Crippen LogP contribution in [-0.2, 0) is 14.3 Å². The van der Waals surface area contributed by atoms with E-state index in [0.29, 0.717) is 19.3 Å². The van der Waals surface area contributed by atoms with Crippen molar-refractivity contribution in [1.82, 2.24) is 5.32 Å². The second-order valence-corrected chi connectivity index (χ2v) is 21.8. The Balaban J connectivity index is 2.29. The summed E-state index contributed by atoms with van der Waals surface area (Å²) in [6.45, 7) is 3.50. The zero-order valence-electron chi connectivity index (χ0n) is 46.2. The van der Waals surface area contributed by atoms with Crippen LogP contribution >= 0.6 is 0 Å². The third-order valence-corrected chi connectivity index (χ3v) is 15.1. The molecule has 1 amide bonds. The number of allylic oxidation sites excluding steroid dienone is 2. The highest BCUT2D eigenvalue weighted by molar-refractivity contribution is 5.80. The number of amides is 1. The number of hydrogen-bond acceptors (Lipinski definition) is 10. The zero-order chi connectivity index (χ0) is 51.8. The van der Waals surface area contributed by atoms with Crippen LogP contribution in [0.3, 0.4) is 0 Å². The Morgan fingerprint density at radius 1 is 0.479 bits per heavy atom. The highest BCUT2D eigenvalue weighted by atomic mass is 16.7. The lowest BCUT2D eigenvalue weighted by Gasteiger charge is -2.40. The van der Waals surface area contributed by atoms with Crippen molar-refractivity contribution >= 4 is 5.91 Å². The van der Waals surface area contributed by atoms with Crippen molar-refractivity contribution in [1.29, 1.82) is 0 Å². The first-order chi connectivity index (χ1) is 34.7. The van der Waals surface area contributed by atoms with E-state index in [9.17, 15) is 40.5 Å². The lowest BCUT2D eigenvalue weighted by Crippen LogP contribution is -2.60. The van der Waals surface area contributed by atoms with Crippen LogP contribution in [0.4, 0.5) is 0 Å². The first-order valence-electron chi connectivity index (χ1n) is 30.6. The summed E-state index contributed by atoms with van der Waals surface area (Å²) in [6.07, 6.45) is 46.9. The summed E-state index contributed by atoms with van der Waals surface area (Å²) in [5.74, 6) is -0.695. The second-order valence-electron chi connectivity index (χ2n) is 21.8. The van der Waals surface area contributed by atoms with Gasteiger partial charge in [-0.3, -0.25) is 4.79 Å². The molecular weight excluding hydrogens is 895 g/mol. The Labute approximate surface area is 436 Å². The average Bonchev–Trinajstić information content (AvgIpc) is 3.37. The maximum absolute atomic E-state index is 13.2. The van der Waals surface area contributed by atoms with Gasteiger partial charge in [0.25, 0.3) is 0 Å². The maximum Gasteiger partial charge on any atom is 0.249 e. The topological polar surface area (TPSA) is 189 Å². The van der Waals surface area contributed by atoms with Gasteiger partial charge in [0.15, 0.2) is 6.29 Å². The van der Waals surface area contributed by atoms with Gasteiger partial charge in [-0.1, -0.05) is 270 Å². The number of rotatable bonds is 53. The molecule has 11 nitrogen and oxygen atoms in total. The highest BCUT2D eigenvalue weighted by Gasteiger charge is 2.44. The molecule has 9 unspecified atom stereocenters. The molecule has 11 heteroatoms. The molecule has 1 rings (SSSR count). The lowest BCUT2D eigenvalue weighted by atomic mass is 9.98. The molecule has 71 heavy (non-hydrogen) atoms. The average molecular weight is 1010 g/mol. The number of nitrogens with one attached hydrogen (secondary N) is 1. The lowest BCUT2D eigenvalue weighted by molar-refractivity contribution is -0.303. The molecule has 0 aliphatic carbocycles. The van der Waals surface area contributed by atoms with Crippen molar-refractivity contribution in [2.45, 2.75) is 351 Å². The van der Waals surface area contributed by atoms with Crippen LogP contribution in [-0.4, -0.2) is 110 Å². The number of carbonyl (C=O) groups excluding carboxylic acids is 1. The molecule has 0 saturated carbocycles. The van der Waals surface area contributed by atoms with Gasteiger partial charge in [0.2, 0.25) is 5.91 Å². The summed E-state index contributed by atoms with van der Waals surface area (Å²) in [5.41, 5.74) is 0. The van der Waals surface area contributed by atoms with Crippen LogP contribution in [0.5, 0.6) is 0 Å². The van der Waals surface area contributed by atoms with Crippen molar-refractivity contribution in [2.24, 2.45) is 0 Å². The Morgan fingerprint density at radius 3 is 1.18 bits per heavy atom. The molecule has 0 radical (unpaired) electrons. The molecule has 1 saturated heterocycles. The molecule has 0 spiro atoms. The summed E-state index contributed by atoms with van der Waals surface area (Å²) < 4.78 is 11.2. The van der Waals surface area contributed by atoms with Crippen molar-refractivity contribution in [2.75, 3.05) is 13.2 Å². The van der Waals surface area contributed by atoms with E-state index in [0.717, 1.165) is 44.9 Å². The zero-order valence-corrected chi connectivity index (χ0v) is 46.2. The summed E-state index contributed by atoms with van der Waals surface area (Å²) >= 11 is 0. The molecule has 1 aliphatic heterocycles. The Bertz CT molecular complexity index is 1160. The Morgan fingerprint density at radius 2 is 0.817 bits per heavy atom. The van der Waals surface area contributed by atoms with Crippen LogP contribution in [0.2, 0.25) is 0 Å². The van der Waals surface area contributed by atoms with Gasteiger partial charge < -0.3 is 50.5 Å². The third-order valence-electron chi connectivity index (χ3n) is 15.1. The van der Waals surface area contributed by atoms with Gasteiger partial charge in [0.05, 0.1) is 25.4 Å². The van der Waals surface area contributed by atoms with Crippen LogP contribution in [0.15, 0.2) is 12.2 Å². The molecule has 1 fully saturated rings. The normalized spacial score (nSPS) is 20.2. The van der Waals surface area contributed by atoms with Crippen LogP contribution in [0.25, 0.3) is 0 Å². The van der Waals surface area contributed by atoms with E-state index < -0.39 is 74.2 Å². The summed E-state index contributed by atoms with van der Waals surface area (Å²) in [5, 5.41) is 76.3. The minimum Gasteiger partial charge on any atom is -0.394 e. The number of carbonyl (C=O) groups is 1. The maximum atomic E-state index is 13.2. The fraction of sp³-hybridized carbons (Fsp3) is 0.950. The molecule has 0 aromatic carbocycles. The predicted molar refractivity (Wildman–Crippen MR) is 293 cm³/mol. The molecular formula is C60H117NO10. The van der Waals surface area contributed by atoms with Crippen molar-refractivity contribution in [3.05, 3.63) is 12.2 Å². The van der Waals surface area contributed by atoms with Gasteiger partial charge in [-0.05, 0) is 38.5 Å². The van der Waals surface area contributed by atoms with E-state index in [-0.39, 0.29) is 6.42 Å². The third kappa shape index (κ3) is 38.1. The SMILES string of the molecule is CCCCCCCCCCCCCC/C=C\CCCCCCCCCC(O)C(=O)NC(COC1OC(CO)C(O)C(O)C1O)C(O)C(O)CCCCCCCCCCCCCCCCCCCCCCC. The Kier molecular flexibility index (Phi) is 47.5. The molecule has 0 bridgehead atoms. The smallest absolute Gasteiger partial charge is 0.249 e. The summed E-state index contributed by atoms with van der Waals surface area (Å²) in [6, 6.07) is -1.17. The number of unbranched alkanes of at least 4 members (excludes halogenated alkanes) is 39. The molecule has 422 valence electrons. The second kappa shape index (κ2) is 49.7. The molecule has 0 aromatic heterocycles. The van der Waals surface area contributed by atoms with Gasteiger partial charge in [-0.15, -0.1) is 0 Å². The predicted octanol–water partition coefficient (Wildman–Crippen LogP) is 13.1. The summed E-state index contributed by atoms with van der Waals surface area (Å²) in [7, 11) is 0. The molecule has 8 N–H and O–H groups in total. The van der Waals surface area contributed by atoms with Crippen LogP contribution in [0, 0.1) is 0 Å². The fourth-order valence-corrected chi connectivity index (χ4v) is 10.1. The van der Waals surface area contributed by atoms with Crippen LogP contribution < -0.4 is 5.32 Å². The number of ether oxygens (including phenoxy) is 2. The van der Waals surface area contributed by atoms with E-state index >= 15 is 0 Å². The van der Waals surface area contributed by atoms with E-state index in [1.807, 2.05) is 0 Å². The molecule has 1 aliphatic rings. The molecule has 1 heterocycles. The molecule has 9 atom stereocenters. The van der Waals surface area contributed by atoms with E-state index in [4.69, 9.17) is 9.47 Å². The monoisotopic (exact) mass is 1010 g/mol. The quantitative estimate of drug-likeness (QED) is 0.0215. The first kappa shape index (κ1) is 67.9. The van der Waals surface area contributed by atoms with Gasteiger partial charge in [-0.2, -0.15) is 0 Å². The Hall–Kier alpha value is -1.15. The van der Waals surface area contributed by atoms with Gasteiger partial charge in [-0.25, -0.2) is 0 Å². The standard InChI is InChI=1S/C60H117NO10/c1-3-5-7-9-11-13-15-17-19-21-23-25-26-28-30-32-34-36-38-40-42-44-46-48-53(64)59(69)61-51(50-70-60-58(68)57(67)56(66)54(49-62)71-60)55(65)52(63)47-45-43-41-39-37-35-33-31-29-27-24-22-20-18-16-14-12-10-8-6-4-2/h28,30,51-58,60,62-68H,3-27,29,31-50H2,1-2H3,(H,61,69)/b30-28-. The highest BCUT2D eigenvalue weighted by Crippen LogP contribution is 2.24. The number of aliphatic hydroxyl groups excluding tert-OH is 7.